The Morgan fingerprint density at radius 3 is 2.52 bits per heavy atom. The van der Waals surface area contributed by atoms with Gasteiger partial charge < -0.3 is 4.74 Å². The number of nitrogens with one attached hydrogen (secondary N) is 1. The minimum atomic E-state index is -3.60. The predicted octanol–water partition coefficient (Wildman–Crippen LogP) is 1.55. The van der Waals surface area contributed by atoms with Crippen molar-refractivity contribution in [3.05, 3.63) is 30.3 Å². The van der Waals surface area contributed by atoms with E-state index in [-0.39, 0.29) is 34.7 Å². The molecule has 2 bridgehead atoms. The van der Waals surface area contributed by atoms with Crippen LogP contribution in [0.15, 0.2) is 35.2 Å². The summed E-state index contributed by atoms with van der Waals surface area (Å²) in [4.78, 5) is 12.2. The van der Waals surface area contributed by atoms with Crippen molar-refractivity contribution < 1.29 is 17.9 Å². The molecule has 0 aliphatic heterocycles. The molecule has 1 aromatic carbocycles. The molecule has 2 aliphatic rings. The fourth-order valence-electron chi connectivity index (χ4n) is 3.78. The van der Waals surface area contributed by atoms with E-state index in [0.717, 1.165) is 19.3 Å². The van der Waals surface area contributed by atoms with Gasteiger partial charge in [0.2, 0.25) is 10.0 Å². The van der Waals surface area contributed by atoms with Crippen molar-refractivity contribution in [2.24, 2.45) is 17.8 Å². The smallest absolute Gasteiger partial charge is 0.310 e. The summed E-state index contributed by atoms with van der Waals surface area (Å²) in [6, 6.07) is 7.92. The molecule has 6 heteroatoms. The lowest BCUT2D eigenvalue weighted by atomic mass is 9.85. The minimum absolute atomic E-state index is 0.233. The molecule has 0 radical (unpaired) electrons. The van der Waals surface area contributed by atoms with Crippen LogP contribution in [0.2, 0.25) is 0 Å². The van der Waals surface area contributed by atoms with Gasteiger partial charge in [-0.15, -0.1) is 0 Å². The monoisotopic (exact) mass is 309 g/mol. The Hall–Kier alpha value is -1.40. The van der Waals surface area contributed by atoms with E-state index in [1.807, 2.05) is 0 Å². The Bertz CT molecular complexity index is 628. The second-order valence-electron chi connectivity index (χ2n) is 5.84. The third-order valence-corrected chi connectivity index (χ3v) is 6.21. The Morgan fingerprint density at radius 2 is 1.86 bits per heavy atom. The summed E-state index contributed by atoms with van der Waals surface area (Å²) in [6.07, 6.45) is 2.86. The molecule has 114 valence electrons. The van der Waals surface area contributed by atoms with Crippen LogP contribution < -0.4 is 4.72 Å². The summed E-state index contributed by atoms with van der Waals surface area (Å²) in [5, 5.41) is 0. The zero-order valence-corrected chi connectivity index (χ0v) is 12.7. The van der Waals surface area contributed by atoms with Crippen LogP contribution in [-0.2, 0) is 19.6 Å². The van der Waals surface area contributed by atoms with Gasteiger partial charge in [0, 0.05) is 6.04 Å². The number of hydrogen-bond donors (Lipinski definition) is 1. The van der Waals surface area contributed by atoms with E-state index in [1.54, 1.807) is 30.3 Å². The van der Waals surface area contributed by atoms with Gasteiger partial charge in [-0.25, -0.2) is 13.1 Å². The fraction of sp³-hybridized carbons (Fsp3) is 0.533. The summed E-state index contributed by atoms with van der Waals surface area (Å²) in [6.45, 7) is 0. The largest absolute Gasteiger partial charge is 0.469 e. The molecule has 0 saturated heterocycles. The maximum atomic E-state index is 12.5. The van der Waals surface area contributed by atoms with Crippen molar-refractivity contribution >= 4 is 16.0 Å². The second kappa shape index (κ2) is 5.42. The van der Waals surface area contributed by atoms with Gasteiger partial charge >= 0.3 is 5.97 Å². The first-order valence-electron chi connectivity index (χ1n) is 7.18. The first-order chi connectivity index (χ1) is 10.0. The maximum Gasteiger partial charge on any atom is 0.310 e. The Morgan fingerprint density at radius 1 is 1.19 bits per heavy atom. The number of fused-ring (bicyclic) bond motifs is 2. The van der Waals surface area contributed by atoms with Crippen molar-refractivity contribution in [3.63, 3.8) is 0 Å². The van der Waals surface area contributed by atoms with Gasteiger partial charge in [-0.1, -0.05) is 18.2 Å². The van der Waals surface area contributed by atoms with Gasteiger partial charge in [0.1, 0.15) is 0 Å². The van der Waals surface area contributed by atoms with E-state index in [2.05, 4.69) is 4.72 Å². The van der Waals surface area contributed by atoms with Crippen LogP contribution in [0.4, 0.5) is 0 Å². The number of sulfonamides is 1. The molecule has 5 nitrogen and oxygen atoms in total. The molecule has 2 aliphatic carbocycles. The van der Waals surface area contributed by atoms with E-state index in [4.69, 9.17) is 4.74 Å². The summed E-state index contributed by atoms with van der Waals surface area (Å²) in [5.74, 6) is -0.182. The SMILES string of the molecule is COC(=O)[C@H]1[C@@H]2CC[C@@H](C2)[C@@H]1NS(=O)(=O)c1ccccc1. The highest BCUT2D eigenvalue weighted by molar-refractivity contribution is 7.89. The number of carbonyl (C=O) groups excluding carboxylic acids is 1. The number of benzene rings is 1. The third kappa shape index (κ3) is 2.58. The average Bonchev–Trinajstić information content (AvgIpc) is 3.08. The Kier molecular flexibility index (Phi) is 3.75. The number of carbonyl (C=O) groups is 1. The van der Waals surface area contributed by atoms with E-state index in [9.17, 15) is 13.2 Å². The first-order valence-corrected chi connectivity index (χ1v) is 8.66. The topological polar surface area (TPSA) is 72.5 Å². The summed E-state index contributed by atoms with van der Waals surface area (Å²) >= 11 is 0. The highest BCUT2D eigenvalue weighted by atomic mass is 32.2. The molecule has 0 spiro atoms. The van der Waals surface area contributed by atoms with E-state index < -0.39 is 10.0 Å². The van der Waals surface area contributed by atoms with Crippen molar-refractivity contribution in [2.45, 2.75) is 30.2 Å². The Labute approximate surface area is 124 Å². The lowest BCUT2D eigenvalue weighted by molar-refractivity contribution is -0.148. The molecule has 2 saturated carbocycles. The summed E-state index contributed by atoms with van der Waals surface area (Å²) in [5.41, 5.74) is 0. The summed E-state index contributed by atoms with van der Waals surface area (Å²) in [7, 11) is -2.24. The highest BCUT2D eigenvalue weighted by Crippen LogP contribution is 2.49. The second-order valence-corrected chi connectivity index (χ2v) is 7.56. The van der Waals surface area contributed by atoms with Gasteiger partial charge in [0.05, 0.1) is 17.9 Å². The zero-order chi connectivity index (χ0) is 15.0. The normalized spacial score (nSPS) is 31.3. The van der Waals surface area contributed by atoms with Crippen molar-refractivity contribution in [3.8, 4) is 0 Å². The number of methoxy groups -OCH3 is 1. The van der Waals surface area contributed by atoms with Crippen molar-refractivity contribution in [1.29, 1.82) is 0 Å². The number of ether oxygens (including phenoxy) is 1. The molecule has 1 N–H and O–H groups in total. The molecule has 0 heterocycles. The molecule has 0 amide bonds. The predicted molar refractivity (Wildman–Crippen MR) is 76.9 cm³/mol. The van der Waals surface area contributed by atoms with Crippen molar-refractivity contribution in [1.82, 2.24) is 4.72 Å². The summed E-state index contributed by atoms with van der Waals surface area (Å²) < 4.78 is 32.5. The van der Waals surface area contributed by atoms with Gasteiger partial charge in [0.25, 0.3) is 0 Å². The van der Waals surface area contributed by atoms with Gasteiger partial charge in [0.15, 0.2) is 0 Å². The van der Waals surface area contributed by atoms with Crippen LogP contribution in [0.3, 0.4) is 0 Å². The van der Waals surface area contributed by atoms with Crippen LogP contribution >= 0.6 is 0 Å². The fourth-order valence-corrected chi connectivity index (χ4v) is 5.13. The van der Waals surface area contributed by atoms with E-state index in [0.29, 0.717) is 0 Å². The number of esters is 1. The molecule has 4 atom stereocenters. The number of rotatable bonds is 4. The van der Waals surface area contributed by atoms with E-state index in [1.165, 1.54) is 7.11 Å². The zero-order valence-electron chi connectivity index (χ0n) is 11.9. The molecule has 3 rings (SSSR count). The van der Waals surface area contributed by atoms with Crippen LogP contribution in [0, 0.1) is 17.8 Å². The Balaban J connectivity index is 1.85. The van der Waals surface area contributed by atoms with Gasteiger partial charge in [-0.3, -0.25) is 4.79 Å². The molecular formula is C15H19NO4S. The average molecular weight is 309 g/mol. The third-order valence-electron chi connectivity index (χ3n) is 4.73. The first kappa shape index (κ1) is 14.5. The van der Waals surface area contributed by atoms with Crippen LogP contribution in [0.25, 0.3) is 0 Å². The quantitative estimate of drug-likeness (QED) is 0.857. The highest BCUT2D eigenvalue weighted by Gasteiger charge is 2.52. The molecular weight excluding hydrogens is 290 g/mol. The van der Waals surface area contributed by atoms with Crippen LogP contribution in [0.5, 0.6) is 0 Å². The molecule has 2 fully saturated rings. The molecule has 1 aromatic rings. The maximum absolute atomic E-state index is 12.5. The van der Waals surface area contributed by atoms with Gasteiger partial charge in [-0.2, -0.15) is 0 Å². The van der Waals surface area contributed by atoms with E-state index >= 15 is 0 Å². The van der Waals surface area contributed by atoms with Crippen LogP contribution in [-0.4, -0.2) is 27.5 Å². The van der Waals surface area contributed by atoms with Crippen molar-refractivity contribution in [2.75, 3.05) is 7.11 Å². The number of hydrogen-bond acceptors (Lipinski definition) is 4. The molecule has 0 aromatic heterocycles. The lowest BCUT2D eigenvalue weighted by Gasteiger charge is -2.29. The standard InChI is InChI=1S/C15H19NO4S/c1-20-15(17)13-10-7-8-11(9-10)14(13)16-21(18,19)12-5-3-2-4-6-12/h2-6,10-11,13-14,16H,7-9H2,1H3/t10-,11+,13+,14+/m1/s1. The molecule has 0 unspecified atom stereocenters. The lowest BCUT2D eigenvalue weighted by Crippen LogP contribution is -2.47. The van der Waals surface area contributed by atoms with Gasteiger partial charge in [-0.05, 0) is 43.2 Å². The van der Waals surface area contributed by atoms with Crippen LogP contribution in [0.1, 0.15) is 19.3 Å². The minimum Gasteiger partial charge on any atom is -0.469 e. The molecule has 21 heavy (non-hydrogen) atoms.